The first-order valence-electron chi connectivity index (χ1n) is 6.20. The Bertz CT molecular complexity index is 291. The molecule has 2 rings (SSSR count). The molecule has 0 radical (unpaired) electrons. The molecule has 0 bridgehead atoms. The summed E-state index contributed by atoms with van der Waals surface area (Å²) in [5, 5.41) is 0. The summed E-state index contributed by atoms with van der Waals surface area (Å²) in [5.41, 5.74) is -0.207. The first-order valence-corrected chi connectivity index (χ1v) is 6.20. The zero-order valence-corrected chi connectivity index (χ0v) is 10.6. The molecule has 0 amide bonds. The molecule has 4 nitrogen and oxygen atoms in total. The van der Waals surface area contributed by atoms with Crippen LogP contribution in [0.3, 0.4) is 0 Å². The fraction of sp³-hybridized carbons (Fsp3) is 0.692. The highest BCUT2D eigenvalue weighted by atomic mass is 16.7. The van der Waals surface area contributed by atoms with Crippen LogP contribution >= 0.6 is 0 Å². The Labute approximate surface area is 102 Å². The molecule has 2 fully saturated rings. The highest BCUT2D eigenvalue weighted by Gasteiger charge is 2.45. The van der Waals surface area contributed by atoms with E-state index in [2.05, 4.69) is 20.4 Å². The van der Waals surface area contributed by atoms with Crippen LogP contribution in [0, 0.1) is 0 Å². The zero-order valence-electron chi connectivity index (χ0n) is 10.6. The van der Waals surface area contributed by atoms with E-state index in [1.807, 2.05) is 0 Å². The second-order valence-corrected chi connectivity index (χ2v) is 4.44. The van der Waals surface area contributed by atoms with Crippen molar-refractivity contribution >= 4 is 11.9 Å². The van der Waals surface area contributed by atoms with Gasteiger partial charge in [0, 0.05) is 12.8 Å². The van der Waals surface area contributed by atoms with Gasteiger partial charge in [0.15, 0.2) is 0 Å². The summed E-state index contributed by atoms with van der Waals surface area (Å²) in [6, 6.07) is 0. The molecule has 1 aliphatic carbocycles. The molecule has 96 valence electrons. The summed E-state index contributed by atoms with van der Waals surface area (Å²) < 4.78 is 10.2. The average molecular weight is 240 g/mol. The fourth-order valence-corrected chi connectivity index (χ4v) is 1.86. The van der Waals surface area contributed by atoms with Crippen LogP contribution in [0.25, 0.3) is 0 Å². The predicted octanol–water partition coefficient (Wildman–Crippen LogP) is 2.72. The van der Waals surface area contributed by atoms with E-state index in [1.165, 1.54) is 6.42 Å². The molecule has 17 heavy (non-hydrogen) atoms. The Morgan fingerprint density at radius 1 is 1.06 bits per heavy atom. The summed E-state index contributed by atoms with van der Waals surface area (Å²) in [4.78, 5) is 22.5. The minimum Gasteiger partial charge on any atom is -0.419 e. The quantitative estimate of drug-likeness (QED) is 0.371. The van der Waals surface area contributed by atoms with Crippen molar-refractivity contribution in [1.29, 1.82) is 0 Å². The van der Waals surface area contributed by atoms with Crippen molar-refractivity contribution < 1.29 is 19.1 Å². The second kappa shape index (κ2) is 5.84. The van der Waals surface area contributed by atoms with Crippen LogP contribution in [0.2, 0.25) is 0 Å². The van der Waals surface area contributed by atoms with E-state index >= 15 is 0 Å². The van der Waals surface area contributed by atoms with E-state index in [1.54, 1.807) is 0 Å². The molecule has 1 aliphatic heterocycles. The van der Waals surface area contributed by atoms with Crippen molar-refractivity contribution in [3.05, 3.63) is 12.2 Å². The Kier molecular flexibility index (Phi) is 4.73. The van der Waals surface area contributed by atoms with Crippen LogP contribution in [0.4, 0.5) is 0 Å². The molecule has 4 heteroatoms. The lowest BCUT2D eigenvalue weighted by Gasteiger charge is -2.38. The highest BCUT2D eigenvalue weighted by molar-refractivity contribution is 6.14. The molecule has 1 saturated carbocycles. The Morgan fingerprint density at radius 3 is 1.88 bits per heavy atom. The number of carbonyl (C=O) groups excluding carboxylic acids is 2. The summed E-state index contributed by atoms with van der Waals surface area (Å²) in [6.45, 7) is 7.56. The van der Waals surface area contributed by atoms with Crippen LogP contribution in [0.15, 0.2) is 12.2 Å². The number of esters is 2. The first-order chi connectivity index (χ1) is 8.04. The van der Waals surface area contributed by atoms with Gasteiger partial charge in [0.05, 0.1) is 0 Å². The summed E-state index contributed by atoms with van der Waals surface area (Å²) in [7, 11) is 0. The third-order valence-electron chi connectivity index (χ3n) is 2.67. The molecule has 1 heterocycles. The number of rotatable bonds is 0. The largest absolute Gasteiger partial charge is 0.419 e. The van der Waals surface area contributed by atoms with E-state index < -0.39 is 17.7 Å². The average Bonchev–Trinajstić information content (AvgIpc) is 2.28. The van der Waals surface area contributed by atoms with Gasteiger partial charge in [-0.3, -0.25) is 0 Å². The monoisotopic (exact) mass is 240 g/mol. The van der Waals surface area contributed by atoms with Gasteiger partial charge in [-0.05, 0) is 12.8 Å². The van der Waals surface area contributed by atoms with Crippen LogP contribution < -0.4 is 0 Å². The van der Waals surface area contributed by atoms with Gasteiger partial charge >= 0.3 is 11.9 Å². The normalized spacial score (nSPS) is 22.4. The van der Waals surface area contributed by atoms with Gasteiger partial charge in [0.1, 0.15) is 5.57 Å². The lowest BCUT2D eigenvalue weighted by molar-refractivity contribution is -0.244. The SMILES string of the molecule is C=C1C(=O)OC2(CCCCC2)OC1=O.CCC. The van der Waals surface area contributed by atoms with Gasteiger partial charge in [-0.15, -0.1) is 0 Å². The number of hydrogen-bond acceptors (Lipinski definition) is 4. The molecule has 0 aromatic heterocycles. The summed E-state index contributed by atoms with van der Waals surface area (Å²) in [6.07, 6.45) is 5.41. The van der Waals surface area contributed by atoms with Gasteiger partial charge < -0.3 is 9.47 Å². The van der Waals surface area contributed by atoms with Gasteiger partial charge in [-0.25, -0.2) is 9.59 Å². The number of ether oxygens (including phenoxy) is 2. The molecule has 0 unspecified atom stereocenters. The summed E-state index contributed by atoms with van der Waals surface area (Å²) in [5.74, 6) is -2.25. The van der Waals surface area contributed by atoms with Crippen LogP contribution in [0.1, 0.15) is 52.4 Å². The van der Waals surface area contributed by atoms with Crippen molar-refractivity contribution in [1.82, 2.24) is 0 Å². The lowest BCUT2D eigenvalue weighted by Crippen LogP contribution is -2.47. The zero-order chi connectivity index (χ0) is 12.9. The molecule has 1 saturated heterocycles. The first kappa shape index (κ1) is 13.7. The maximum atomic E-state index is 11.3. The minimum absolute atomic E-state index is 0.207. The molecule has 0 aromatic rings. The molecule has 0 atom stereocenters. The number of carbonyl (C=O) groups is 2. The van der Waals surface area contributed by atoms with E-state index in [9.17, 15) is 9.59 Å². The minimum atomic E-state index is -0.979. The van der Waals surface area contributed by atoms with E-state index in [-0.39, 0.29) is 5.57 Å². The molecule has 2 aliphatic rings. The third kappa shape index (κ3) is 3.32. The molecule has 0 aromatic carbocycles. The summed E-state index contributed by atoms with van der Waals surface area (Å²) >= 11 is 0. The van der Waals surface area contributed by atoms with Crippen molar-refractivity contribution in [2.75, 3.05) is 0 Å². The predicted molar refractivity (Wildman–Crippen MR) is 63.1 cm³/mol. The van der Waals surface area contributed by atoms with E-state index in [4.69, 9.17) is 9.47 Å². The van der Waals surface area contributed by atoms with Crippen LogP contribution in [-0.4, -0.2) is 17.7 Å². The highest BCUT2D eigenvalue weighted by Crippen LogP contribution is 2.36. The maximum Gasteiger partial charge on any atom is 0.348 e. The molecule has 1 spiro atoms. The van der Waals surface area contributed by atoms with Crippen LogP contribution in [0.5, 0.6) is 0 Å². The van der Waals surface area contributed by atoms with Crippen LogP contribution in [-0.2, 0) is 19.1 Å². The van der Waals surface area contributed by atoms with Gasteiger partial charge in [0.25, 0.3) is 5.79 Å². The van der Waals surface area contributed by atoms with E-state index in [0.717, 1.165) is 19.3 Å². The van der Waals surface area contributed by atoms with Crippen molar-refractivity contribution in [2.24, 2.45) is 0 Å². The van der Waals surface area contributed by atoms with Gasteiger partial charge in [0.2, 0.25) is 0 Å². The van der Waals surface area contributed by atoms with Crippen molar-refractivity contribution in [3.63, 3.8) is 0 Å². The third-order valence-corrected chi connectivity index (χ3v) is 2.67. The van der Waals surface area contributed by atoms with Crippen molar-refractivity contribution in [2.45, 2.75) is 58.2 Å². The van der Waals surface area contributed by atoms with Gasteiger partial charge in [-0.2, -0.15) is 0 Å². The standard InChI is InChI=1S/C10H12O4.C3H8/c1-7-8(11)13-10(14-9(7)12)5-3-2-4-6-10;1-3-2/h1-6H2;3H2,1-2H3. The molecule has 0 N–H and O–H groups in total. The van der Waals surface area contributed by atoms with Gasteiger partial charge in [-0.1, -0.05) is 33.3 Å². The Balaban J connectivity index is 0.000000437. The van der Waals surface area contributed by atoms with Crippen molar-refractivity contribution in [3.8, 4) is 0 Å². The second-order valence-electron chi connectivity index (χ2n) is 4.44. The maximum absolute atomic E-state index is 11.3. The number of hydrogen-bond donors (Lipinski definition) is 0. The topological polar surface area (TPSA) is 52.6 Å². The smallest absolute Gasteiger partial charge is 0.348 e. The Hall–Kier alpha value is -1.32. The Morgan fingerprint density at radius 2 is 1.47 bits per heavy atom. The molecular formula is C13H20O4. The van der Waals surface area contributed by atoms with E-state index in [0.29, 0.717) is 12.8 Å². The fourth-order valence-electron chi connectivity index (χ4n) is 1.86. The molecular weight excluding hydrogens is 220 g/mol. The lowest BCUT2D eigenvalue weighted by atomic mass is 9.93.